The Hall–Kier alpha value is -1.63. The van der Waals surface area contributed by atoms with Gasteiger partial charge in [-0.05, 0) is 32.2 Å². The van der Waals surface area contributed by atoms with E-state index in [-0.39, 0.29) is 36.2 Å². The first kappa shape index (κ1) is 18.4. The number of likely N-dealkylation sites (N-methyl/N-ethyl adjacent to an activating group) is 2. The monoisotopic (exact) mass is 312 g/mol. The molecule has 7 heteroatoms. The fourth-order valence-electron chi connectivity index (χ4n) is 2.75. The molecule has 1 rings (SSSR count). The molecule has 1 fully saturated rings. The Morgan fingerprint density at radius 1 is 1.32 bits per heavy atom. The number of hydrogen-bond acceptors (Lipinski definition) is 4. The van der Waals surface area contributed by atoms with Crippen molar-refractivity contribution >= 4 is 17.7 Å². The largest absolute Gasteiger partial charge is 0.358 e. The second-order valence-electron chi connectivity index (χ2n) is 5.85. The zero-order valence-corrected chi connectivity index (χ0v) is 13.9. The molecule has 0 radical (unpaired) electrons. The van der Waals surface area contributed by atoms with Gasteiger partial charge >= 0.3 is 0 Å². The van der Waals surface area contributed by atoms with Crippen LogP contribution in [0.5, 0.6) is 0 Å². The molecule has 22 heavy (non-hydrogen) atoms. The van der Waals surface area contributed by atoms with Crippen molar-refractivity contribution in [2.45, 2.75) is 45.7 Å². The van der Waals surface area contributed by atoms with Crippen LogP contribution in [0.25, 0.3) is 0 Å². The Morgan fingerprint density at radius 2 is 2.00 bits per heavy atom. The summed E-state index contributed by atoms with van der Waals surface area (Å²) >= 11 is 0. The van der Waals surface area contributed by atoms with Crippen LogP contribution in [-0.4, -0.2) is 61.4 Å². The van der Waals surface area contributed by atoms with Crippen molar-refractivity contribution in [1.29, 1.82) is 0 Å². The molecule has 126 valence electrons. The van der Waals surface area contributed by atoms with Crippen LogP contribution in [0.2, 0.25) is 0 Å². The third kappa shape index (κ3) is 4.69. The highest BCUT2D eigenvalue weighted by Gasteiger charge is 2.35. The fourth-order valence-corrected chi connectivity index (χ4v) is 2.75. The van der Waals surface area contributed by atoms with Crippen molar-refractivity contribution in [3.63, 3.8) is 0 Å². The molecule has 1 heterocycles. The van der Waals surface area contributed by atoms with E-state index in [9.17, 15) is 14.4 Å². The van der Waals surface area contributed by atoms with Gasteiger partial charge in [0.2, 0.25) is 17.7 Å². The lowest BCUT2D eigenvalue weighted by Crippen LogP contribution is -2.56. The number of rotatable bonds is 7. The summed E-state index contributed by atoms with van der Waals surface area (Å²) in [7, 11) is 1.52. The fraction of sp³-hybridized carbons (Fsp3) is 0.800. The van der Waals surface area contributed by atoms with E-state index in [1.807, 2.05) is 20.8 Å². The summed E-state index contributed by atoms with van der Waals surface area (Å²) in [6.45, 7) is 6.90. The van der Waals surface area contributed by atoms with Gasteiger partial charge in [-0.2, -0.15) is 0 Å². The number of hydrogen-bond donors (Lipinski definition) is 3. The standard InChI is InChI=1S/C15H28N4O3/c1-5-19(15(22)11-7-6-8-17-11)13(10(2)3)14(21)18-9-12(20)16-4/h10-11,13,17H,5-9H2,1-4H3,(H,16,20)(H,18,21)/t11-,13-/m0/s1. The molecule has 0 aromatic carbocycles. The molecular weight excluding hydrogens is 284 g/mol. The summed E-state index contributed by atoms with van der Waals surface area (Å²) in [6.07, 6.45) is 1.78. The van der Waals surface area contributed by atoms with Crippen LogP contribution in [0.4, 0.5) is 0 Å². The van der Waals surface area contributed by atoms with Gasteiger partial charge in [-0.25, -0.2) is 0 Å². The highest BCUT2D eigenvalue weighted by molar-refractivity contribution is 5.92. The summed E-state index contributed by atoms with van der Waals surface area (Å²) in [4.78, 5) is 37.9. The number of carbonyl (C=O) groups is 3. The van der Waals surface area contributed by atoms with E-state index < -0.39 is 6.04 Å². The molecule has 1 aliphatic rings. The van der Waals surface area contributed by atoms with Crippen LogP contribution in [0, 0.1) is 5.92 Å². The van der Waals surface area contributed by atoms with Crippen molar-refractivity contribution in [3.8, 4) is 0 Å². The Bertz CT molecular complexity index is 406. The van der Waals surface area contributed by atoms with Crippen LogP contribution >= 0.6 is 0 Å². The molecule has 0 unspecified atom stereocenters. The summed E-state index contributed by atoms with van der Waals surface area (Å²) in [5.74, 6) is -0.613. The minimum Gasteiger partial charge on any atom is -0.358 e. The van der Waals surface area contributed by atoms with Gasteiger partial charge in [0, 0.05) is 13.6 Å². The summed E-state index contributed by atoms with van der Waals surface area (Å²) in [6, 6.07) is -0.766. The second-order valence-corrected chi connectivity index (χ2v) is 5.85. The van der Waals surface area contributed by atoms with Crippen LogP contribution in [0.3, 0.4) is 0 Å². The van der Waals surface area contributed by atoms with Gasteiger partial charge in [0.05, 0.1) is 12.6 Å². The normalized spacial score (nSPS) is 18.9. The van der Waals surface area contributed by atoms with Gasteiger partial charge in [-0.15, -0.1) is 0 Å². The van der Waals surface area contributed by atoms with Crippen LogP contribution in [0.1, 0.15) is 33.6 Å². The molecule has 0 aromatic heterocycles. The number of carbonyl (C=O) groups excluding carboxylic acids is 3. The van der Waals surface area contributed by atoms with Crippen molar-refractivity contribution < 1.29 is 14.4 Å². The summed E-state index contributed by atoms with van der Waals surface area (Å²) < 4.78 is 0. The highest BCUT2D eigenvalue weighted by Crippen LogP contribution is 2.16. The van der Waals surface area contributed by atoms with E-state index in [4.69, 9.17) is 0 Å². The van der Waals surface area contributed by atoms with E-state index in [0.29, 0.717) is 6.54 Å². The van der Waals surface area contributed by atoms with Crippen LogP contribution in [0.15, 0.2) is 0 Å². The summed E-state index contributed by atoms with van der Waals surface area (Å²) in [5.41, 5.74) is 0. The molecule has 3 N–H and O–H groups in total. The average molecular weight is 312 g/mol. The van der Waals surface area contributed by atoms with Gasteiger partial charge in [0.15, 0.2) is 0 Å². The SMILES string of the molecule is CCN(C(=O)[C@@H]1CCCN1)[C@H](C(=O)NCC(=O)NC)C(C)C. The molecule has 0 spiro atoms. The Kier molecular flexibility index (Phi) is 7.31. The van der Waals surface area contributed by atoms with Gasteiger partial charge in [-0.1, -0.05) is 13.8 Å². The maximum absolute atomic E-state index is 12.6. The molecule has 3 amide bonds. The Balaban J connectivity index is 2.78. The summed E-state index contributed by atoms with van der Waals surface area (Å²) in [5, 5.41) is 8.24. The Morgan fingerprint density at radius 3 is 2.45 bits per heavy atom. The molecule has 0 saturated carbocycles. The quantitative estimate of drug-likeness (QED) is 0.590. The lowest BCUT2D eigenvalue weighted by atomic mass is 10.00. The van der Waals surface area contributed by atoms with E-state index in [1.165, 1.54) is 7.05 Å². The molecule has 2 atom stereocenters. The van der Waals surface area contributed by atoms with Gasteiger partial charge < -0.3 is 20.9 Å². The van der Waals surface area contributed by atoms with Crippen molar-refractivity contribution in [3.05, 3.63) is 0 Å². The third-order valence-electron chi connectivity index (χ3n) is 3.92. The van der Waals surface area contributed by atoms with Gasteiger partial charge in [0.25, 0.3) is 0 Å². The lowest BCUT2D eigenvalue weighted by molar-refractivity contribution is -0.143. The highest BCUT2D eigenvalue weighted by atomic mass is 16.2. The van der Waals surface area contributed by atoms with E-state index in [2.05, 4.69) is 16.0 Å². The topological polar surface area (TPSA) is 90.5 Å². The molecule has 1 saturated heterocycles. The first-order valence-corrected chi connectivity index (χ1v) is 7.94. The predicted octanol–water partition coefficient (Wildman–Crippen LogP) is -0.526. The van der Waals surface area contributed by atoms with Crippen molar-refractivity contribution in [1.82, 2.24) is 20.9 Å². The lowest BCUT2D eigenvalue weighted by Gasteiger charge is -2.34. The van der Waals surface area contributed by atoms with E-state index in [1.54, 1.807) is 4.90 Å². The third-order valence-corrected chi connectivity index (χ3v) is 3.92. The zero-order valence-electron chi connectivity index (χ0n) is 13.9. The van der Waals surface area contributed by atoms with Gasteiger partial charge in [0.1, 0.15) is 6.04 Å². The molecule has 1 aliphatic heterocycles. The maximum atomic E-state index is 12.6. The second kappa shape index (κ2) is 8.73. The minimum absolute atomic E-state index is 0.0324. The van der Waals surface area contributed by atoms with Crippen molar-refractivity contribution in [2.75, 3.05) is 26.7 Å². The maximum Gasteiger partial charge on any atom is 0.243 e. The molecule has 7 nitrogen and oxygen atoms in total. The van der Waals surface area contributed by atoms with Gasteiger partial charge in [-0.3, -0.25) is 14.4 Å². The Labute approximate surface area is 132 Å². The first-order chi connectivity index (χ1) is 10.4. The minimum atomic E-state index is -0.565. The van der Waals surface area contributed by atoms with Crippen molar-refractivity contribution in [2.24, 2.45) is 5.92 Å². The average Bonchev–Trinajstić information content (AvgIpc) is 3.02. The van der Waals surface area contributed by atoms with E-state index >= 15 is 0 Å². The first-order valence-electron chi connectivity index (χ1n) is 7.94. The number of nitrogens with one attached hydrogen (secondary N) is 3. The molecular formula is C15H28N4O3. The smallest absolute Gasteiger partial charge is 0.243 e. The van der Waals surface area contributed by atoms with Crippen LogP contribution < -0.4 is 16.0 Å². The predicted molar refractivity (Wildman–Crippen MR) is 84.1 cm³/mol. The molecule has 0 aromatic rings. The van der Waals surface area contributed by atoms with E-state index in [0.717, 1.165) is 19.4 Å². The number of nitrogens with zero attached hydrogens (tertiary/aromatic N) is 1. The number of amides is 3. The van der Waals surface area contributed by atoms with Crippen LogP contribution in [-0.2, 0) is 14.4 Å². The molecule has 0 aliphatic carbocycles. The molecule has 0 bridgehead atoms. The zero-order chi connectivity index (χ0) is 16.7.